The molecule has 2 rings (SSSR count). The number of nitrogens with zero attached hydrogens (tertiary/aromatic N) is 2. The van der Waals surface area contributed by atoms with Gasteiger partial charge in [0.25, 0.3) is 0 Å². The summed E-state index contributed by atoms with van der Waals surface area (Å²) in [7, 11) is 0. The molecular formula is C14H15Cl2N3O. The predicted octanol–water partition coefficient (Wildman–Crippen LogP) is 3.99. The van der Waals surface area contributed by atoms with E-state index in [1.165, 1.54) is 0 Å². The van der Waals surface area contributed by atoms with Gasteiger partial charge in [0.2, 0.25) is 0 Å². The molecule has 0 radical (unpaired) electrons. The minimum absolute atomic E-state index is 0.279. The van der Waals surface area contributed by atoms with Gasteiger partial charge in [-0.3, -0.25) is 0 Å². The fourth-order valence-corrected chi connectivity index (χ4v) is 2.15. The molecule has 1 N–H and O–H groups in total. The van der Waals surface area contributed by atoms with E-state index in [4.69, 9.17) is 27.9 Å². The lowest BCUT2D eigenvalue weighted by atomic mass is 10.2. The molecule has 0 fully saturated rings. The van der Waals surface area contributed by atoms with E-state index in [0.717, 1.165) is 24.3 Å². The second-order valence-corrected chi connectivity index (χ2v) is 5.12. The van der Waals surface area contributed by atoms with E-state index in [2.05, 4.69) is 22.2 Å². The number of hydrogen-bond donors (Lipinski definition) is 1. The van der Waals surface area contributed by atoms with E-state index < -0.39 is 0 Å². The molecule has 0 aliphatic heterocycles. The smallest absolute Gasteiger partial charge is 0.322 e. The van der Waals surface area contributed by atoms with Crippen LogP contribution in [0.15, 0.2) is 24.4 Å². The summed E-state index contributed by atoms with van der Waals surface area (Å²) in [6.45, 7) is 5.62. The molecule has 1 aromatic heterocycles. The number of halogens is 2. The van der Waals surface area contributed by atoms with Crippen LogP contribution in [0.3, 0.4) is 0 Å². The summed E-state index contributed by atoms with van der Waals surface area (Å²) >= 11 is 11.8. The third-order valence-electron chi connectivity index (χ3n) is 2.67. The van der Waals surface area contributed by atoms with E-state index in [1.807, 2.05) is 6.92 Å². The van der Waals surface area contributed by atoms with Gasteiger partial charge in [-0.1, -0.05) is 30.1 Å². The zero-order chi connectivity index (χ0) is 14.5. The topological polar surface area (TPSA) is 47.0 Å². The molecule has 0 saturated carbocycles. The van der Waals surface area contributed by atoms with Crippen LogP contribution in [0.4, 0.5) is 0 Å². The third-order valence-corrected chi connectivity index (χ3v) is 3.11. The molecule has 1 heterocycles. The molecule has 1 aromatic carbocycles. The van der Waals surface area contributed by atoms with Crippen molar-refractivity contribution in [3.05, 3.63) is 45.7 Å². The SMILES string of the molecule is CCNCc1cnc(Oc2cc(Cl)cc(Cl)c2)nc1C. The van der Waals surface area contributed by atoms with Crippen molar-refractivity contribution in [2.75, 3.05) is 6.54 Å². The van der Waals surface area contributed by atoms with Crippen molar-refractivity contribution in [2.24, 2.45) is 0 Å². The highest BCUT2D eigenvalue weighted by atomic mass is 35.5. The molecule has 4 nitrogen and oxygen atoms in total. The maximum Gasteiger partial charge on any atom is 0.322 e. The summed E-state index contributed by atoms with van der Waals surface area (Å²) in [6, 6.07) is 5.25. The van der Waals surface area contributed by atoms with E-state index >= 15 is 0 Å². The third kappa shape index (κ3) is 4.07. The van der Waals surface area contributed by atoms with Gasteiger partial charge in [-0.05, 0) is 31.7 Å². The number of ether oxygens (including phenoxy) is 1. The molecule has 106 valence electrons. The summed E-state index contributed by atoms with van der Waals surface area (Å²) in [6.07, 6.45) is 1.76. The molecule has 0 spiro atoms. The second kappa shape index (κ2) is 6.88. The fourth-order valence-electron chi connectivity index (χ4n) is 1.65. The van der Waals surface area contributed by atoms with Crippen molar-refractivity contribution >= 4 is 23.2 Å². The predicted molar refractivity (Wildman–Crippen MR) is 80.7 cm³/mol. The maximum atomic E-state index is 5.92. The fraction of sp³-hybridized carbons (Fsp3) is 0.286. The summed E-state index contributed by atoms with van der Waals surface area (Å²) in [5.74, 6) is 0.515. The van der Waals surface area contributed by atoms with Crippen LogP contribution in [0, 0.1) is 6.92 Å². The Morgan fingerprint density at radius 1 is 1.20 bits per heavy atom. The monoisotopic (exact) mass is 311 g/mol. The molecule has 2 aromatic rings. The normalized spacial score (nSPS) is 10.6. The van der Waals surface area contributed by atoms with Crippen LogP contribution in [-0.2, 0) is 6.54 Å². The molecule has 0 atom stereocenters. The molecule has 0 saturated heterocycles. The number of benzene rings is 1. The first kappa shape index (κ1) is 15.0. The van der Waals surface area contributed by atoms with Crippen molar-refractivity contribution in [3.63, 3.8) is 0 Å². The summed E-state index contributed by atoms with van der Waals surface area (Å²) in [4.78, 5) is 8.51. The second-order valence-electron chi connectivity index (χ2n) is 4.25. The van der Waals surface area contributed by atoms with Crippen molar-refractivity contribution in [1.29, 1.82) is 0 Å². The van der Waals surface area contributed by atoms with Crippen molar-refractivity contribution in [3.8, 4) is 11.8 Å². The van der Waals surface area contributed by atoms with Crippen LogP contribution in [0.25, 0.3) is 0 Å². The molecular weight excluding hydrogens is 297 g/mol. The van der Waals surface area contributed by atoms with Crippen molar-refractivity contribution in [2.45, 2.75) is 20.4 Å². The Balaban J connectivity index is 2.15. The standard InChI is InChI=1S/C14H15Cl2N3O/c1-3-17-7-10-8-18-14(19-9(10)2)20-13-5-11(15)4-12(16)6-13/h4-6,8,17H,3,7H2,1-2H3. The van der Waals surface area contributed by atoms with Gasteiger partial charge in [0.1, 0.15) is 5.75 Å². The maximum absolute atomic E-state index is 5.92. The Morgan fingerprint density at radius 2 is 1.90 bits per heavy atom. The number of hydrogen-bond acceptors (Lipinski definition) is 4. The Morgan fingerprint density at radius 3 is 2.50 bits per heavy atom. The Kier molecular flexibility index (Phi) is 5.17. The summed E-state index contributed by atoms with van der Waals surface area (Å²) < 4.78 is 5.57. The van der Waals surface area contributed by atoms with Crippen LogP contribution in [-0.4, -0.2) is 16.5 Å². The summed E-state index contributed by atoms with van der Waals surface area (Å²) in [5, 5.41) is 4.25. The van der Waals surface area contributed by atoms with Gasteiger partial charge in [0.15, 0.2) is 0 Å². The van der Waals surface area contributed by atoms with Crippen molar-refractivity contribution < 1.29 is 4.74 Å². The van der Waals surface area contributed by atoms with Crippen LogP contribution < -0.4 is 10.1 Å². The van der Waals surface area contributed by atoms with E-state index in [1.54, 1.807) is 24.4 Å². The average Bonchev–Trinajstić information content (AvgIpc) is 2.36. The van der Waals surface area contributed by atoms with E-state index in [0.29, 0.717) is 15.8 Å². The van der Waals surface area contributed by atoms with Crippen LogP contribution in [0.5, 0.6) is 11.8 Å². The average molecular weight is 312 g/mol. The van der Waals surface area contributed by atoms with E-state index in [-0.39, 0.29) is 6.01 Å². The lowest BCUT2D eigenvalue weighted by Gasteiger charge is -2.08. The first-order valence-electron chi connectivity index (χ1n) is 6.25. The largest absolute Gasteiger partial charge is 0.424 e. The van der Waals surface area contributed by atoms with Crippen LogP contribution in [0.2, 0.25) is 10.0 Å². The first-order chi connectivity index (χ1) is 9.58. The van der Waals surface area contributed by atoms with Gasteiger partial charge in [-0.2, -0.15) is 4.98 Å². The van der Waals surface area contributed by atoms with Crippen LogP contribution >= 0.6 is 23.2 Å². The van der Waals surface area contributed by atoms with Crippen LogP contribution in [0.1, 0.15) is 18.2 Å². The zero-order valence-electron chi connectivity index (χ0n) is 11.3. The van der Waals surface area contributed by atoms with Gasteiger partial charge >= 0.3 is 6.01 Å². The molecule has 20 heavy (non-hydrogen) atoms. The molecule has 0 aliphatic carbocycles. The lowest BCUT2D eigenvalue weighted by molar-refractivity contribution is 0.439. The molecule has 6 heteroatoms. The highest BCUT2D eigenvalue weighted by Gasteiger charge is 2.06. The number of aromatic nitrogens is 2. The summed E-state index contributed by atoms with van der Waals surface area (Å²) in [5.41, 5.74) is 1.92. The molecule has 0 amide bonds. The zero-order valence-corrected chi connectivity index (χ0v) is 12.8. The Bertz CT molecular complexity index is 585. The van der Waals surface area contributed by atoms with Crippen molar-refractivity contribution in [1.82, 2.24) is 15.3 Å². The van der Waals surface area contributed by atoms with Gasteiger partial charge in [0, 0.05) is 34.0 Å². The minimum Gasteiger partial charge on any atom is -0.424 e. The minimum atomic E-state index is 0.279. The van der Waals surface area contributed by atoms with Gasteiger partial charge in [-0.25, -0.2) is 4.98 Å². The van der Waals surface area contributed by atoms with Gasteiger partial charge < -0.3 is 10.1 Å². The lowest BCUT2D eigenvalue weighted by Crippen LogP contribution is -2.13. The van der Waals surface area contributed by atoms with Gasteiger partial charge in [-0.15, -0.1) is 0 Å². The quantitative estimate of drug-likeness (QED) is 0.906. The molecule has 0 bridgehead atoms. The van der Waals surface area contributed by atoms with E-state index in [9.17, 15) is 0 Å². The van der Waals surface area contributed by atoms with Gasteiger partial charge in [0.05, 0.1) is 0 Å². The molecule has 0 aliphatic rings. The first-order valence-corrected chi connectivity index (χ1v) is 7.01. The highest BCUT2D eigenvalue weighted by molar-refractivity contribution is 6.34. The number of rotatable bonds is 5. The number of aryl methyl sites for hydroxylation is 1. The number of nitrogens with one attached hydrogen (secondary N) is 1. The Hall–Kier alpha value is -1.36. The molecule has 0 unspecified atom stereocenters. The highest BCUT2D eigenvalue weighted by Crippen LogP contribution is 2.27. The Labute approximate surface area is 128 Å².